The molecule has 0 saturated carbocycles. The molecule has 1 aliphatic rings. The summed E-state index contributed by atoms with van der Waals surface area (Å²) in [6, 6.07) is 23.5. The molecule has 3 aromatic carbocycles. The molecule has 0 radical (unpaired) electrons. The smallest absolute Gasteiger partial charge is 0.266 e. The monoisotopic (exact) mass is 444 g/mol. The van der Waals surface area contributed by atoms with Crippen molar-refractivity contribution < 1.29 is 9.59 Å². The number of carbonyl (C=O) groups is 2. The van der Waals surface area contributed by atoms with Gasteiger partial charge in [-0.3, -0.25) is 14.5 Å². The summed E-state index contributed by atoms with van der Waals surface area (Å²) in [6.45, 7) is 1.82. The number of amides is 2. The number of hydrogen-bond donors (Lipinski definition) is 1. The average Bonchev–Trinajstić information content (AvgIpc) is 3.01. The molecule has 4 nitrogen and oxygen atoms in total. The lowest BCUT2D eigenvalue weighted by atomic mass is 10.1. The van der Waals surface area contributed by atoms with Crippen molar-refractivity contribution in [1.82, 2.24) is 4.90 Å². The van der Waals surface area contributed by atoms with Crippen LogP contribution >= 0.6 is 24.0 Å². The zero-order chi connectivity index (χ0) is 21.8. The van der Waals surface area contributed by atoms with Crippen LogP contribution in [0.2, 0.25) is 0 Å². The quantitative estimate of drug-likeness (QED) is 0.410. The number of anilines is 1. The van der Waals surface area contributed by atoms with E-state index in [0.717, 1.165) is 21.9 Å². The molecular formula is C25H20N2O2S2. The molecule has 154 valence electrons. The van der Waals surface area contributed by atoms with Crippen molar-refractivity contribution in [3.05, 3.63) is 94.9 Å². The number of nitrogens with one attached hydrogen (secondary N) is 1. The molecular weight excluding hydrogens is 424 g/mol. The second kappa shape index (κ2) is 9.29. The van der Waals surface area contributed by atoms with Crippen molar-refractivity contribution in [3.8, 4) is 0 Å². The number of hydrogen-bond acceptors (Lipinski definition) is 4. The van der Waals surface area contributed by atoms with Crippen LogP contribution in [0.1, 0.15) is 12.5 Å². The van der Waals surface area contributed by atoms with Crippen LogP contribution in [0, 0.1) is 0 Å². The standard InChI is InChI=1S/C25H20N2O2S2/c1-17(13-18-7-3-2-4-8-18)14-22-24(29)27(25(30)31-22)16-23(28)26-21-12-11-19-9-5-6-10-20(19)15-21/h2-15H,16H2,1H3,(H,26,28)/b17-13+,22-14+. The third-order valence-electron chi connectivity index (χ3n) is 4.76. The fourth-order valence-corrected chi connectivity index (χ4v) is 4.61. The van der Waals surface area contributed by atoms with Crippen molar-refractivity contribution in [2.45, 2.75) is 6.92 Å². The Morgan fingerprint density at radius 1 is 1.03 bits per heavy atom. The lowest BCUT2D eigenvalue weighted by Crippen LogP contribution is -2.36. The molecule has 0 unspecified atom stereocenters. The Balaban J connectivity index is 1.43. The number of rotatable bonds is 5. The molecule has 0 spiro atoms. The summed E-state index contributed by atoms with van der Waals surface area (Å²) in [4.78, 5) is 27.2. The molecule has 1 saturated heterocycles. The van der Waals surface area contributed by atoms with Crippen LogP contribution in [0.4, 0.5) is 5.69 Å². The van der Waals surface area contributed by atoms with Crippen molar-refractivity contribution in [2.24, 2.45) is 0 Å². The van der Waals surface area contributed by atoms with E-state index in [4.69, 9.17) is 12.2 Å². The molecule has 6 heteroatoms. The molecule has 0 aliphatic carbocycles. The zero-order valence-corrected chi connectivity index (χ0v) is 18.5. The fraction of sp³-hybridized carbons (Fsp3) is 0.0800. The topological polar surface area (TPSA) is 49.4 Å². The van der Waals surface area contributed by atoms with Gasteiger partial charge in [0, 0.05) is 5.69 Å². The van der Waals surface area contributed by atoms with Gasteiger partial charge in [-0.05, 0) is 47.0 Å². The summed E-state index contributed by atoms with van der Waals surface area (Å²) in [7, 11) is 0. The highest BCUT2D eigenvalue weighted by Crippen LogP contribution is 2.32. The van der Waals surface area contributed by atoms with Gasteiger partial charge in [-0.2, -0.15) is 0 Å². The molecule has 0 bridgehead atoms. The largest absolute Gasteiger partial charge is 0.325 e. The maximum absolute atomic E-state index is 12.8. The lowest BCUT2D eigenvalue weighted by molar-refractivity contribution is -0.126. The first kappa shape index (κ1) is 21.0. The van der Waals surface area contributed by atoms with E-state index in [1.807, 2.05) is 91.9 Å². The third kappa shape index (κ3) is 5.10. The predicted octanol–water partition coefficient (Wildman–Crippen LogP) is 5.63. The van der Waals surface area contributed by atoms with Gasteiger partial charge in [0.05, 0.1) is 4.91 Å². The molecule has 31 heavy (non-hydrogen) atoms. The van der Waals surface area contributed by atoms with Crippen LogP contribution in [-0.2, 0) is 9.59 Å². The normalized spacial score (nSPS) is 15.7. The van der Waals surface area contributed by atoms with Crippen molar-refractivity contribution in [2.75, 3.05) is 11.9 Å². The number of thiocarbonyl (C=S) groups is 1. The first-order chi connectivity index (χ1) is 15.0. The van der Waals surface area contributed by atoms with Crippen molar-refractivity contribution in [3.63, 3.8) is 0 Å². The average molecular weight is 445 g/mol. The summed E-state index contributed by atoms with van der Waals surface area (Å²) in [6.07, 6.45) is 3.81. The Kier molecular flexibility index (Phi) is 6.30. The second-order valence-electron chi connectivity index (χ2n) is 7.18. The molecule has 1 N–H and O–H groups in total. The van der Waals surface area contributed by atoms with Gasteiger partial charge < -0.3 is 5.32 Å². The van der Waals surface area contributed by atoms with Gasteiger partial charge in [0.1, 0.15) is 10.9 Å². The van der Waals surface area contributed by atoms with Gasteiger partial charge in [-0.25, -0.2) is 0 Å². The third-order valence-corrected chi connectivity index (χ3v) is 6.14. The Morgan fingerprint density at radius 2 is 1.74 bits per heavy atom. The van der Waals surface area contributed by atoms with Crippen LogP contribution < -0.4 is 5.32 Å². The predicted molar refractivity (Wildman–Crippen MR) is 133 cm³/mol. The Morgan fingerprint density at radius 3 is 2.52 bits per heavy atom. The minimum Gasteiger partial charge on any atom is -0.325 e. The number of benzene rings is 3. The molecule has 1 heterocycles. The van der Waals surface area contributed by atoms with E-state index in [-0.39, 0.29) is 18.4 Å². The SMILES string of the molecule is CC(=C\c1ccccc1)/C=C1/SC(=S)N(CC(=O)Nc2ccc3ccccc3c2)C1=O. The minimum atomic E-state index is -0.288. The Hall–Kier alpha value is -3.22. The highest BCUT2D eigenvalue weighted by molar-refractivity contribution is 8.26. The van der Waals surface area contributed by atoms with Crippen molar-refractivity contribution in [1.29, 1.82) is 0 Å². The number of thioether (sulfide) groups is 1. The molecule has 1 aliphatic heterocycles. The van der Waals surface area contributed by atoms with Gasteiger partial charge in [-0.15, -0.1) is 0 Å². The molecule has 4 rings (SSSR count). The summed E-state index contributed by atoms with van der Waals surface area (Å²) >= 11 is 6.57. The zero-order valence-electron chi connectivity index (χ0n) is 16.9. The van der Waals surface area contributed by atoms with E-state index in [1.54, 1.807) is 0 Å². The van der Waals surface area contributed by atoms with Crippen molar-refractivity contribution >= 4 is 62.7 Å². The van der Waals surface area contributed by atoms with E-state index in [2.05, 4.69) is 5.32 Å². The van der Waals surface area contributed by atoms with Crippen LogP contribution in [0.3, 0.4) is 0 Å². The van der Waals surface area contributed by atoms with Crippen LogP contribution in [-0.4, -0.2) is 27.6 Å². The lowest BCUT2D eigenvalue weighted by Gasteiger charge is -2.14. The summed E-state index contributed by atoms with van der Waals surface area (Å²) < 4.78 is 0.387. The Labute approximate surface area is 190 Å². The van der Waals surface area contributed by atoms with Crippen LogP contribution in [0.5, 0.6) is 0 Å². The van der Waals surface area contributed by atoms with Gasteiger partial charge in [0.15, 0.2) is 0 Å². The van der Waals surface area contributed by atoms with E-state index in [0.29, 0.717) is 14.9 Å². The molecule has 3 aromatic rings. The number of allylic oxidation sites excluding steroid dienone is 2. The Bertz CT molecular complexity index is 1230. The number of fused-ring (bicyclic) bond motifs is 1. The van der Waals surface area contributed by atoms with E-state index in [1.165, 1.54) is 16.7 Å². The van der Waals surface area contributed by atoms with Crippen LogP contribution in [0.25, 0.3) is 16.8 Å². The minimum absolute atomic E-state index is 0.115. The first-order valence-corrected chi connectivity index (χ1v) is 11.0. The van der Waals surface area contributed by atoms with E-state index >= 15 is 0 Å². The number of nitrogens with zero attached hydrogens (tertiary/aromatic N) is 1. The van der Waals surface area contributed by atoms with Gasteiger partial charge >= 0.3 is 0 Å². The highest BCUT2D eigenvalue weighted by atomic mass is 32.2. The maximum Gasteiger partial charge on any atom is 0.266 e. The van der Waals surface area contributed by atoms with Crippen LogP contribution in [0.15, 0.2) is 89.4 Å². The van der Waals surface area contributed by atoms with Gasteiger partial charge in [0.2, 0.25) is 5.91 Å². The summed E-state index contributed by atoms with van der Waals surface area (Å²) in [5.41, 5.74) is 2.68. The molecule has 1 fully saturated rings. The second-order valence-corrected chi connectivity index (χ2v) is 8.85. The van der Waals surface area contributed by atoms with E-state index in [9.17, 15) is 9.59 Å². The molecule has 0 atom stereocenters. The van der Waals surface area contributed by atoms with Gasteiger partial charge in [0.25, 0.3) is 5.91 Å². The molecule has 2 amide bonds. The van der Waals surface area contributed by atoms with Gasteiger partial charge in [-0.1, -0.05) is 90.7 Å². The maximum atomic E-state index is 12.8. The highest BCUT2D eigenvalue weighted by Gasteiger charge is 2.33. The fourth-order valence-electron chi connectivity index (χ4n) is 3.31. The molecule has 0 aromatic heterocycles. The summed E-state index contributed by atoms with van der Waals surface area (Å²) in [5.74, 6) is -0.533. The summed E-state index contributed by atoms with van der Waals surface area (Å²) in [5, 5.41) is 4.99. The number of carbonyl (C=O) groups excluding carboxylic acids is 2. The van der Waals surface area contributed by atoms with E-state index < -0.39 is 0 Å². The first-order valence-electron chi connectivity index (χ1n) is 9.77.